The molecular formula is C15H22N4. The second-order valence-corrected chi connectivity index (χ2v) is 5.82. The van der Waals surface area contributed by atoms with Gasteiger partial charge in [0.2, 0.25) is 0 Å². The molecule has 0 aliphatic rings. The average Bonchev–Trinajstić information content (AvgIpc) is 2.70. The van der Waals surface area contributed by atoms with E-state index in [1.54, 1.807) is 0 Å². The molecule has 1 aromatic carbocycles. The van der Waals surface area contributed by atoms with Crippen molar-refractivity contribution in [2.75, 3.05) is 6.54 Å². The SMILES string of the molecule is Cc1nc(CCN)nn1-c1ccc(C(C)(C)C)cc1. The minimum Gasteiger partial charge on any atom is -0.330 e. The molecule has 0 saturated heterocycles. The van der Waals surface area contributed by atoms with E-state index < -0.39 is 0 Å². The molecule has 0 atom stereocenters. The van der Waals surface area contributed by atoms with Crippen LogP contribution in [0.3, 0.4) is 0 Å². The molecule has 19 heavy (non-hydrogen) atoms. The zero-order valence-electron chi connectivity index (χ0n) is 12.1. The highest BCUT2D eigenvalue weighted by Crippen LogP contribution is 2.23. The zero-order chi connectivity index (χ0) is 14.0. The molecule has 2 rings (SSSR count). The summed E-state index contributed by atoms with van der Waals surface area (Å²) in [5, 5.41) is 4.49. The third-order valence-electron chi connectivity index (χ3n) is 3.16. The average molecular weight is 258 g/mol. The number of nitrogens with two attached hydrogens (primary N) is 1. The molecule has 0 saturated carbocycles. The van der Waals surface area contributed by atoms with Crippen LogP contribution in [-0.2, 0) is 11.8 Å². The molecule has 0 bridgehead atoms. The van der Waals surface area contributed by atoms with Crippen molar-refractivity contribution in [1.29, 1.82) is 0 Å². The standard InChI is InChI=1S/C15H22N4/c1-11-17-14(9-10-16)18-19(11)13-7-5-12(6-8-13)15(2,3)4/h5-8H,9-10,16H2,1-4H3. The number of aromatic nitrogens is 3. The predicted molar refractivity (Wildman–Crippen MR) is 77.6 cm³/mol. The maximum atomic E-state index is 5.54. The smallest absolute Gasteiger partial charge is 0.152 e. The molecule has 4 nitrogen and oxygen atoms in total. The van der Waals surface area contributed by atoms with E-state index in [0.29, 0.717) is 13.0 Å². The van der Waals surface area contributed by atoms with Gasteiger partial charge < -0.3 is 5.73 Å². The first kappa shape index (κ1) is 13.7. The Kier molecular flexibility index (Phi) is 3.71. The van der Waals surface area contributed by atoms with Crippen molar-refractivity contribution in [3.63, 3.8) is 0 Å². The van der Waals surface area contributed by atoms with Crippen molar-refractivity contribution in [2.24, 2.45) is 5.73 Å². The van der Waals surface area contributed by atoms with E-state index in [2.05, 4.69) is 55.1 Å². The van der Waals surface area contributed by atoms with Gasteiger partial charge in [0.25, 0.3) is 0 Å². The van der Waals surface area contributed by atoms with Crippen LogP contribution in [0.25, 0.3) is 5.69 Å². The Morgan fingerprint density at radius 3 is 2.32 bits per heavy atom. The molecule has 0 unspecified atom stereocenters. The highest BCUT2D eigenvalue weighted by molar-refractivity contribution is 5.36. The van der Waals surface area contributed by atoms with Gasteiger partial charge in [-0.15, -0.1) is 0 Å². The summed E-state index contributed by atoms with van der Waals surface area (Å²) in [6, 6.07) is 8.49. The number of benzene rings is 1. The molecule has 0 radical (unpaired) electrons. The van der Waals surface area contributed by atoms with Crippen molar-refractivity contribution in [3.8, 4) is 5.69 Å². The molecule has 0 aliphatic carbocycles. The maximum absolute atomic E-state index is 5.54. The lowest BCUT2D eigenvalue weighted by Crippen LogP contribution is -2.11. The summed E-state index contributed by atoms with van der Waals surface area (Å²) < 4.78 is 1.87. The number of hydrogen-bond donors (Lipinski definition) is 1. The van der Waals surface area contributed by atoms with E-state index in [-0.39, 0.29) is 5.41 Å². The molecule has 0 aliphatic heterocycles. The maximum Gasteiger partial charge on any atom is 0.152 e. The Bertz CT molecular complexity index is 547. The van der Waals surface area contributed by atoms with Crippen molar-refractivity contribution >= 4 is 0 Å². The van der Waals surface area contributed by atoms with Crippen LogP contribution in [0.15, 0.2) is 24.3 Å². The van der Waals surface area contributed by atoms with Gasteiger partial charge in [0.1, 0.15) is 5.82 Å². The topological polar surface area (TPSA) is 56.7 Å². The number of rotatable bonds is 3. The first-order valence-corrected chi connectivity index (χ1v) is 6.65. The summed E-state index contributed by atoms with van der Waals surface area (Å²) in [4.78, 5) is 4.42. The van der Waals surface area contributed by atoms with Gasteiger partial charge in [-0.1, -0.05) is 32.9 Å². The monoisotopic (exact) mass is 258 g/mol. The molecule has 1 heterocycles. The quantitative estimate of drug-likeness (QED) is 0.919. The molecule has 0 spiro atoms. The van der Waals surface area contributed by atoms with Crippen LogP contribution in [0.1, 0.15) is 38.0 Å². The van der Waals surface area contributed by atoms with Gasteiger partial charge in [-0.2, -0.15) is 5.10 Å². The van der Waals surface area contributed by atoms with Crippen molar-refractivity contribution in [2.45, 2.75) is 39.5 Å². The van der Waals surface area contributed by atoms with Gasteiger partial charge >= 0.3 is 0 Å². The van der Waals surface area contributed by atoms with Crippen molar-refractivity contribution in [1.82, 2.24) is 14.8 Å². The van der Waals surface area contributed by atoms with Crippen LogP contribution >= 0.6 is 0 Å². The Labute approximate surface area is 114 Å². The summed E-state index contributed by atoms with van der Waals surface area (Å²) in [5.41, 5.74) is 8.06. The molecule has 2 aromatic rings. The molecule has 1 aromatic heterocycles. The third kappa shape index (κ3) is 3.01. The highest BCUT2D eigenvalue weighted by atomic mass is 15.3. The molecule has 2 N–H and O–H groups in total. The number of hydrogen-bond acceptors (Lipinski definition) is 3. The van der Waals surface area contributed by atoms with Crippen molar-refractivity contribution in [3.05, 3.63) is 41.5 Å². The summed E-state index contributed by atoms with van der Waals surface area (Å²) in [5.74, 6) is 1.70. The van der Waals surface area contributed by atoms with E-state index >= 15 is 0 Å². The summed E-state index contributed by atoms with van der Waals surface area (Å²) in [6.45, 7) is 9.17. The second-order valence-electron chi connectivity index (χ2n) is 5.82. The van der Waals surface area contributed by atoms with Crippen LogP contribution in [0.2, 0.25) is 0 Å². The molecule has 4 heteroatoms. The lowest BCUT2D eigenvalue weighted by molar-refractivity contribution is 0.590. The molecular weight excluding hydrogens is 236 g/mol. The largest absolute Gasteiger partial charge is 0.330 e. The number of aryl methyl sites for hydroxylation is 1. The van der Waals surface area contributed by atoms with Gasteiger partial charge in [0.05, 0.1) is 5.69 Å². The van der Waals surface area contributed by atoms with Gasteiger partial charge in [-0.05, 0) is 36.6 Å². The Morgan fingerprint density at radius 2 is 1.79 bits per heavy atom. The summed E-state index contributed by atoms with van der Waals surface area (Å²) >= 11 is 0. The summed E-state index contributed by atoms with van der Waals surface area (Å²) in [6.07, 6.45) is 0.716. The van der Waals surface area contributed by atoms with Crippen LogP contribution in [0.5, 0.6) is 0 Å². The normalized spacial score (nSPS) is 11.8. The van der Waals surface area contributed by atoms with E-state index in [4.69, 9.17) is 5.73 Å². The summed E-state index contributed by atoms with van der Waals surface area (Å²) in [7, 11) is 0. The Hall–Kier alpha value is -1.68. The minimum atomic E-state index is 0.167. The Morgan fingerprint density at radius 1 is 1.16 bits per heavy atom. The van der Waals surface area contributed by atoms with Gasteiger partial charge in [0.15, 0.2) is 5.82 Å². The van der Waals surface area contributed by atoms with E-state index in [9.17, 15) is 0 Å². The van der Waals surface area contributed by atoms with E-state index in [1.165, 1.54) is 5.56 Å². The van der Waals surface area contributed by atoms with Gasteiger partial charge in [-0.25, -0.2) is 9.67 Å². The first-order valence-electron chi connectivity index (χ1n) is 6.65. The fourth-order valence-electron chi connectivity index (χ4n) is 2.03. The van der Waals surface area contributed by atoms with E-state index in [1.807, 2.05) is 11.6 Å². The van der Waals surface area contributed by atoms with Crippen molar-refractivity contribution < 1.29 is 0 Å². The van der Waals surface area contributed by atoms with Crippen LogP contribution in [0.4, 0.5) is 0 Å². The zero-order valence-corrected chi connectivity index (χ0v) is 12.1. The highest BCUT2D eigenvalue weighted by Gasteiger charge is 2.14. The molecule has 0 amide bonds. The van der Waals surface area contributed by atoms with E-state index in [0.717, 1.165) is 17.3 Å². The third-order valence-corrected chi connectivity index (χ3v) is 3.16. The van der Waals surface area contributed by atoms with Crippen LogP contribution < -0.4 is 5.73 Å². The first-order chi connectivity index (χ1) is 8.91. The Balaban J connectivity index is 2.32. The lowest BCUT2D eigenvalue weighted by atomic mass is 9.87. The lowest BCUT2D eigenvalue weighted by Gasteiger charge is -2.19. The van der Waals surface area contributed by atoms with Crippen LogP contribution in [0, 0.1) is 6.92 Å². The molecule has 102 valence electrons. The predicted octanol–water partition coefficient (Wildman–Crippen LogP) is 2.37. The molecule has 0 fully saturated rings. The fourth-order valence-corrected chi connectivity index (χ4v) is 2.03. The van der Waals surface area contributed by atoms with Crippen LogP contribution in [-0.4, -0.2) is 21.3 Å². The second kappa shape index (κ2) is 5.13. The minimum absolute atomic E-state index is 0.167. The fraction of sp³-hybridized carbons (Fsp3) is 0.467. The number of nitrogens with zero attached hydrogens (tertiary/aromatic N) is 3. The van der Waals surface area contributed by atoms with Gasteiger partial charge in [0, 0.05) is 6.42 Å². The van der Waals surface area contributed by atoms with Gasteiger partial charge in [-0.3, -0.25) is 0 Å².